The molecule has 19 heavy (non-hydrogen) atoms. The van der Waals surface area contributed by atoms with Crippen molar-refractivity contribution in [2.75, 3.05) is 5.88 Å². The van der Waals surface area contributed by atoms with E-state index in [1.807, 2.05) is 19.9 Å². The molecule has 0 N–H and O–H groups in total. The summed E-state index contributed by atoms with van der Waals surface area (Å²) >= 11 is 5.65. The molecule has 0 spiro atoms. The number of aryl methyl sites for hydroxylation is 3. The van der Waals surface area contributed by atoms with Crippen molar-refractivity contribution in [1.29, 1.82) is 0 Å². The van der Waals surface area contributed by atoms with Crippen LogP contribution in [0.25, 0.3) is 5.69 Å². The fraction of sp³-hybridized carbons (Fsp3) is 0.312. The molecule has 0 aliphatic rings. The Kier molecular flexibility index (Phi) is 3.81. The van der Waals surface area contributed by atoms with E-state index < -0.39 is 0 Å². The first-order chi connectivity index (χ1) is 8.95. The van der Waals surface area contributed by atoms with Gasteiger partial charge < -0.3 is 4.57 Å². The molecule has 3 heteroatoms. The van der Waals surface area contributed by atoms with E-state index in [0.29, 0.717) is 5.56 Å². The van der Waals surface area contributed by atoms with Crippen LogP contribution in [0.1, 0.15) is 32.9 Å². The average molecular weight is 276 g/mol. The van der Waals surface area contributed by atoms with Gasteiger partial charge >= 0.3 is 0 Å². The fourth-order valence-electron chi connectivity index (χ4n) is 2.38. The Morgan fingerprint density at radius 3 is 2.37 bits per heavy atom. The fourth-order valence-corrected chi connectivity index (χ4v) is 2.52. The topological polar surface area (TPSA) is 22.0 Å². The number of hydrogen-bond donors (Lipinski definition) is 0. The number of carbonyl (C=O) groups is 1. The number of Topliss-reactive ketones (excluding diaryl/α,β-unsaturated/α-hetero) is 1. The largest absolute Gasteiger partial charge is 0.318 e. The SMILES string of the molecule is Cc1ccc(-n2c(C)cc(C(=O)CCl)c2C)cc1C. The maximum absolute atomic E-state index is 11.8. The third kappa shape index (κ3) is 2.45. The maximum atomic E-state index is 11.8. The summed E-state index contributed by atoms with van der Waals surface area (Å²) in [6.07, 6.45) is 0. The van der Waals surface area contributed by atoms with Crippen molar-refractivity contribution in [1.82, 2.24) is 4.57 Å². The Labute approximate surface area is 119 Å². The van der Waals surface area contributed by atoms with E-state index in [1.165, 1.54) is 11.1 Å². The molecule has 100 valence electrons. The van der Waals surface area contributed by atoms with Crippen LogP contribution in [0, 0.1) is 27.7 Å². The van der Waals surface area contributed by atoms with Gasteiger partial charge in [0, 0.05) is 22.6 Å². The van der Waals surface area contributed by atoms with Crippen LogP contribution in [0.5, 0.6) is 0 Å². The molecular weight excluding hydrogens is 258 g/mol. The number of aromatic nitrogens is 1. The smallest absolute Gasteiger partial charge is 0.179 e. The second-order valence-corrected chi connectivity index (χ2v) is 5.21. The summed E-state index contributed by atoms with van der Waals surface area (Å²) in [5.74, 6) is 0.00173. The summed E-state index contributed by atoms with van der Waals surface area (Å²) in [4.78, 5) is 11.8. The number of ketones is 1. The van der Waals surface area contributed by atoms with Gasteiger partial charge in [-0.1, -0.05) is 6.07 Å². The lowest BCUT2D eigenvalue weighted by Gasteiger charge is -2.11. The molecule has 0 bridgehead atoms. The summed E-state index contributed by atoms with van der Waals surface area (Å²) in [5.41, 5.74) is 6.32. The van der Waals surface area contributed by atoms with Crippen LogP contribution in [-0.4, -0.2) is 16.2 Å². The zero-order valence-electron chi connectivity index (χ0n) is 11.7. The number of benzene rings is 1. The van der Waals surface area contributed by atoms with E-state index in [-0.39, 0.29) is 11.7 Å². The normalized spacial score (nSPS) is 10.8. The number of halogens is 1. The van der Waals surface area contributed by atoms with Crippen molar-refractivity contribution < 1.29 is 4.79 Å². The molecule has 0 saturated carbocycles. The van der Waals surface area contributed by atoms with Crippen LogP contribution < -0.4 is 0 Å². The van der Waals surface area contributed by atoms with Gasteiger partial charge in [0.2, 0.25) is 0 Å². The van der Waals surface area contributed by atoms with E-state index in [4.69, 9.17) is 11.6 Å². The molecule has 2 nitrogen and oxygen atoms in total. The first kappa shape index (κ1) is 13.9. The van der Waals surface area contributed by atoms with Gasteiger partial charge in [0.25, 0.3) is 0 Å². The van der Waals surface area contributed by atoms with E-state index >= 15 is 0 Å². The number of carbonyl (C=O) groups excluding carboxylic acids is 1. The van der Waals surface area contributed by atoms with Crippen LogP contribution in [0.3, 0.4) is 0 Å². The highest BCUT2D eigenvalue weighted by Crippen LogP contribution is 2.23. The molecule has 0 fully saturated rings. The molecule has 1 heterocycles. The zero-order chi connectivity index (χ0) is 14.2. The maximum Gasteiger partial charge on any atom is 0.179 e. The Bertz CT molecular complexity index is 640. The highest BCUT2D eigenvalue weighted by molar-refractivity contribution is 6.30. The molecule has 0 saturated heterocycles. The number of nitrogens with zero attached hydrogens (tertiary/aromatic N) is 1. The molecule has 1 aromatic heterocycles. The molecule has 2 aromatic rings. The molecular formula is C16H18ClNO. The van der Waals surface area contributed by atoms with Crippen LogP contribution in [0.15, 0.2) is 24.3 Å². The predicted molar refractivity (Wildman–Crippen MR) is 79.8 cm³/mol. The lowest BCUT2D eigenvalue weighted by atomic mass is 10.1. The van der Waals surface area contributed by atoms with Gasteiger partial charge in [-0.05, 0) is 57.0 Å². The Morgan fingerprint density at radius 1 is 1.11 bits per heavy atom. The van der Waals surface area contributed by atoms with Crippen molar-refractivity contribution in [3.8, 4) is 5.69 Å². The molecule has 2 rings (SSSR count). The lowest BCUT2D eigenvalue weighted by Crippen LogP contribution is -2.04. The van der Waals surface area contributed by atoms with Gasteiger partial charge in [-0.15, -0.1) is 11.6 Å². The molecule has 0 radical (unpaired) electrons. The third-order valence-electron chi connectivity index (χ3n) is 3.60. The monoisotopic (exact) mass is 275 g/mol. The van der Waals surface area contributed by atoms with Crippen molar-refractivity contribution >= 4 is 17.4 Å². The summed E-state index contributed by atoms with van der Waals surface area (Å²) in [6, 6.07) is 8.24. The van der Waals surface area contributed by atoms with Crippen LogP contribution in [-0.2, 0) is 0 Å². The van der Waals surface area contributed by atoms with E-state index in [2.05, 4.69) is 36.6 Å². The minimum absolute atomic E-state index is 0.0233. The number of rotatable bonds is 3. The van der Waals surface area contributed by atoms with Crippen LogP contribution in [0.4, 0.5) is 0 Å². The van der Waals surface area contributed by atoms with E-state index in [1.54, 1.807) is 0 Å². The highest BCUT2D eigenvalue weighted by Gasteiger charge is 2.15. The molecule has 0 aliphatic carbocycles. The van der Waals surface area contributed by atoms with E-state index in [0.717, 1.165) is 17.1 Å². The molecule has 1 aromatic carbocycles. The highest BCUT2D eigenvalue weighted by atomic mass is 35.5. The van der Waals surface area contributed by atoms with Gasteiger partial charge in [-0.25, -0.2) is 0 Å². The molecule has 0 aliphatic heterocycles. The van der Waals surface area contributed by atoms with Gasteiger partial charge in [0.15, 0.2) is 5.78 Å². The van der Waals surface area contributed by atoms with Gasteiger partial charge in [-0.3, -0.25) is 4.79 Å². The summed E-state index contributed by atoms with van der Waals surface area (Å²) < 4.78 is 2.10. The zero-order valence-corrected chi connectivity index (χ0v) is 12.5. The van der Waals surface area contributed by atoms with Crippen molar-refractivity contribution in [3.05, 3.63) is 52.3 Å². The first-order valence-corrected chi connectivity index (χ1v) is 6.85. The molecule has 0 amide bonds. The van der Waals surface area contributed by atoms with Crippen molar-refractivity contribution in [3.63, 3.8) is 0 Å². The second-order valence-electron chi connectivity index (χ2n) is 4.95. The van der Waals surface area contributed by atoms with Crippen LogP contribution >= 0.6 is 11.6 Å². The second kappa shape index (κ2) is 5.22. The standard InChI is InChI=1S/C16H18ClNO/c1-10-5-6-14(7-11(10)2)18-12(3)8-15(13(18)4)16(19)9-17/h5-8H,9H2,1-4H3. The van der Waals surface area contributed by atoms with Crippen molar-refractivity contribution in [2.45, 2.75) is 27.7 Å². The Hall–Kier alpha value is -1.54. The minimum Gasteiger partial charge on any atom is -0.318 e. The molecule has 0 atom stereocenters. The van der Waals surface area contributed by atoms with Crippen molar-refractivity contribution in [2.24, 2.45) is 0 Å². The minimum atomic E-state index is -0.0233. The Balaban J connectivity index is 2.59. The lowest BCUT2D eigenvalue weighted by molar-refractivity contribution is 0.102. The quantitative estimate of drug-likeness (QED) is 0.610. The number of hydrogen-bond acceptors (Lipinski definition) is 1. The van der Waals surface area contributed by atoms with Gasteiger partial charge in [-0.2, -0.15) is 0 Å². The number of alkyl halides is 1. The third-order valence-corrected chi connectivity index (χ3v) is 3.84. The average Bonchev–Trinajstić information content (AvgIpc) is 2.68. The van der Waals surface area contributed by atoms with Gasteiger partial charge in [0.1, 0.15) is 0 Å². The van der Waals surface area contributed by atoms with Gasteiger partial charge in [0.05, 0.1) is 5.88 Å². The molecule has 0 unspecified atom stereocenters. The first-order valence-electron chi connectivity index (χ1n) is 6.31. The Morgan fingerprint density at radius 2 is 1.79 bits per heavy atom. The van der Waals surface area contributed by atoms with E-state index in [9.17, 15) is 4.79 Å². The predicted octanol–water partition coefficient (Wildman–Crippen LogP) is 4.13. The van der Waals surface area contributed by atoms with Crippen LogP contribution in [0.2, 0.25) is 0 Å². The summed E-state index contributed by atoms with van der Waals surface area (Å²) in [6.45, 7) is 8.16. The summed E-state index contributed by atoms with van der Waals surface area (Å²) in [7, 11) is 0. The summed E-state index contributed by atoms with van der Waals surface area (Å²) in [5, 5.41) is 0.